The highest BCUT2D eigenvalue weighted by molar-refractivity contribution is 6.31. The highest BCUT2D eigenvalue weighted by Gasteiger charge is 2.36. The van der Waals surface area contributed by atoms with Crippen LogP contribution in [0.4, 0.5) is 5.69 Å². The van der Waals surface area contributed by atoms with E-state index in [4.69, 9.17) is 39.5 Å². The number of alkyl halides is 1. The molecule has 0 spiro atoms. The molecule has 0 bridgehead atoms. The average molecular weight is 447 g/mol. The summed E-state index contributed by atoms with van der Waals surface area (Å²) in [5.41, 5.74) is 3.29. The van der Waals surface area contributed by atoms with Crippen molar-refractivity contribution >= 4 is 46.4 Å². The largest absolute Gasteiger partial charge is 0.354 e. The second-order valence-electron chi connectivity index (χ2n) is 6.79. The first-order valence-corrected chi connectivity index (χ1v) is 10.5. The third-order valence-corrected chi connectivity index (χ3v) is 5.78. The number of hydrogen-bond acceptors (Lipinski definition) is 2. The van der Waals surface area contributed by atoms with E-state index in [0.717, 1.165) is 22.4 Å². The zero-order chi connectivity index (χ0) is 20.4. The molecule has 0 saturated heterocycles. The molecule has 4 rings (SSSR count). The van der Waals surface area contributed by atoms with Crippen LogP contribution in [0.25, 0.3) is 0 Å². The average Bonchev–Trinajstić information content (AvgIpc) is 2.84. The van der Waals surface area contributed by atoms with Gasteiger partial charge in [-0.25, -0.2) is 0 Å². The molecule has 1 aliphatic rings. The normalized spacial score (nSPS) is 19.0. The van der Waals surface area contributed by atoms with E-state index in [-0.39, 0.29) is 11.8 Å². The molecule has 0 saturated carbocycles. The van der Waals surface area contributed by atoms with Gasteiger partial charge in [-0.1, -0.05) is 71.7 Å². The number of carbonyl (C=O) groups excluding carboxylic acids is 1. The van der Waals surface area contributed by atoms with E-state index in [1.165, 1.54) is 0 Å². The Hall–Kier alpha value is -2.04. The van der Waals surface area contributed by atoms with Crippen LogP contribution >= 0.6 is 34.8 Å². The van der Waals surface area contributed by atoms with Gasteiger partial charge in [0.1, 0.15) is 6.10 Å². The van der Waals surface area contributed by atoms with Gasteiger partial charge in [-0.15, -0.1) is 11.6 Å². The van der Waals surface area contributed by atoms with E-state index >= 15 is 0 Å². The molecule has 29 heavy (non-hydrogen) atoms. The molecule has 1 aliphatic heterocycles. The van der Waals surface area contributed by atoms with Crippen LogP contribution in [-0.2, 0) is 16.1 Å². The predicted octanol–water partition coefficient (Wildman–Crippen LogP) is 6.25. The molecule has 0 aliphatic carbocycles. The van der Waals surface area contributed by atoms with E-state index in [0.29, 0.717) is 16.6 Å². The molecule has 3 aromatic rings. The molecule has 3 aromatic carbocycles. The standard InChI is InChI=1S/C23H18Cl3NO2/c24-13-21-23(28)27(14-15-6-2-1-3-7-15)20-11-10-16(25)12-18(20)22(29-21)17-8-4-5-9-19(17)26/h1-12,21-22H,13-14H2/t21-,22-/m1/s1. The Kier molecular flexibility index (Phi) is 6.12. The van der Waals surface area contributed by atoms with Gasteiger partial charge in [0.25, 0.3) is 5.91 Å². The minimum Gasteiger partial charge on any atom is -0.354 e. The van der Waals surface area contributed by atoms with Gasteiger partial charge in [-0.2, -0.15) is 0 Å². The van der Waals surface area contributed by atoms with E-state index in [1.807, 2.05) is 60.7 Å². The van der Waals surface area contributed by atoms with Gasteiger partial charge < -0.3 is 9.64 Å². The summed E-state index contributed by atoms with van der Waals surface area (Å²) in [6.45, 7) is 0.403. The lowest BCUT2D eigenvalue weighted by Crippen LogP contribution is -2.39. The number of nitrogens with zero attached hydrogens (tertiary/aromatic N) is 1. The number of halogens is 3. The van der Waals surface area contributed by atoms with Crippen LogP contribution < -0.4 is 4.90 Å². The number of anilines is 1. The fourth-order valence-corrected chi connectivity index (χ4v) is 4.15. The maximum absolute atomic E-state index is 13.3. The number of carbonyl (C=O) groups is 1. The molecule has 1 amide bonds. The second-order valence-corrected chi connectivity index (χ2v) is 7.95. The first-order valence-electron chi connectivity index (χ1n) is 9.19. The highest BCUT2D eigenvalue weighted by atomic mass is 35.5. The van der Waals surface area contributed by atoms with Crippen molar-refractivity contribution in [1.82, 2.24) is 0 Å². The van der Waals surface area contributed by atoms with Gasteiger partial charge in [-0.3, -0.25) is 4.79 Å². The predicted molar refractivity (Wildman–Crippen MR) is 118 cm³/mol. The molecule has 1 heterocycles. The van der Waals surface area contributed by atoms with E-state index < -0.39 is 12.2 Å². The van der Waals surface area contributed by atoms with Crippen molar-refractivity contribution in [3.05, 3.63) is 99.5 Å². The maximum atomic E-state index is 13.3. The van der Waals surface area contributed by atoms with Crippen LogP contribution in [-0.4, -0.2) is 17.9 Å². The maximum Gasteiger partial charge on any atom is 0.257 e. The molecule has 3 nitrogen and oxygen atoms in total. The van der Waals surface area contributed by atoms with Crippen molar-refractivity contribution in [2.75, 3.05) is 10.8 Å². The van der Waals surface area contributed by atoms with Crippen molar-refractivity contribution in [3.63, 3.8) is 0 Å². The summed E-state index contributed by atoms with van der Waals surface area (Å²) in [5.74, 6) is -0.158. The highest BCUT2D eigenvalue weighted by Crippen LogP contribution is 2.42. The molecular weight excluding hydrogens is 429 g/mol. The Balaban J connectivity index is 1.87. The third kappa shape index (κ3) is 4.15. The number of rotatable bonds is 4. The lowest BCUT2D eigenvalue weighted by Gasteiger charge is -2.24. The smallest absolute Gasteiger partial charge is 0.257 e. The minimum absolute atomic E-state index is 0.0345. The quantitative estimate of drug-likeness (QED) is 0.443. The summed E-state index contributed by atoms with van der Waals surface area (Å²) in [6, 6.07) is 22.7. The number of benzene rings is 3. The molecule has 0 fully saturated rings. The zero-order valence-corrected chi connectivity index (χ0v) is 17.7. The molecular formula is C23H18Cl3NO2. The van der Waals surface area contributed by atoms with Crippen LogP contribution in [0.3, 0.4) is 0 Å². The summed E-state index contributed by atoms with van der Waals surface area (Å²) in [7, 11) is 0. The van der Waals surface area contributed by atoms with Crippen LogP contribution in [0.2, 0.25) is 10.0 Å². The summed E-state index contributed by atoms with van der Waals surface area (Å²) in [5, 5.41) is 1.11. The van der Waals surface area contributed by atoms with Gasteiger partial charge in [-0.05, 0) is 29.8 Å². The van der Waals surface area contributed by atoms with E-state index in [1.54, 1.807) is 17.0 Å². The SMILES string of the molecule is O=C1[C@@H](CCl)O[C@H](c2ccccc2Cl)c2cc(Cl)ccc2N1Cc1ccccc1. The monoisotopic (exact) mass is 445 g/mol. The van der Waals surface area contributed by atoms with Gasteiger partial charge in [0.05, 0.1) is 18.1 Å². The lowest BCUT2D eigenvalue weighted by molar-refractivity contribution is -0.130. The zero-order valence-electron chi connectivity index (χ0n) is 15.4. The Bertz CT molecular complexity index is 1030. The first-order chi connectivity index (χ1) is 14.1. The molecule has 0 N–H and O–H groups in total. The van der Waals surface area contributed by atoms with E-state index in [2.05, 4.69) is 0 Å². The summed E-state index contributed by atoms with van der Waals surface area (Å²) >= 11 is 18.9. The lowest BCUT2D eigenvalue weighted by atomic mass is 9.99. The fraction of sp³-hybridized carbons (Fsp3) is 0.174. The van der Waals surface area contributed by atoms with Gasteiger partial charge in [0.2, 0.25) is 0 Å². The Morgan fingerprint density at radius 1 is 0.897 bits per heavy atom. The van der Waals surface area contributed by atoms with Crippen LogP contribution in [0.1, 0.15) is 22.8 Å². The van der Waals surface area contributed by atoms with Gasteiger partial charge in [0.15, 0.2) is 6.10 Å². The second kappa shape index (κ2) is 8.76. The van der Waals surface area contributed by atoms with Gasteiger partial charge in [0, 0.05) is 21.2 Å². The molecule has 2 atom stereocenters. The summed E-state index contributed by atoms with van der Waals surface area (Å²) < 4.78 is 6.22. The molecule has 148 valence electrons. The topological polar surface area (TPSA) is 29.5 Å². The van der Waals surface area contributed by atoms with Crippen molar-refractivity contribution in [1.29, 1.82) is 0 Å². The number of amides is 1. The van der Waals surface area contributed by atoms with Crippen molar-refractivity contribution < 1.29 is 9.53 Å². The summed E-state index contributed by atoms with van der Waals surface area (Å²) in [6.07, 6.45) is -1.38. The van der Waals surface area contributed by atoms with Crippen LogP contribution in [0.5, 0.6) is 0 Å². The Morgan fingerprint density at radius 2 is 1.62 bits per heavy atom. The Morgan fingerprint density at radius 3 is 2.34 bits per heavy atom. The number of hydrogen-bond donors (Lipinski definition) is 0. The number of fused-ring (bicyclic) bond motifs is 1. The Labute approximate surface area is 184 Å². The van der Waals surface area contributed by atoms with Crippen molar-refractivity contribution in [3.8, 4) is 0 Å². The van der Waals surface area contributed by atoms with E-state index in [9.17, 15) is 4.79 Å². The van der Waals surface area contributed by atoms with Crippen molar-refractivity contribution in [2.45, 2.75) is 18.8 Å². The molecule has 0 radical (unpaired) electrons. The minimum atomic E-state index is -0.812. The van der Waals surface area contributed by atoms with Gasteiger partial charge >= 0.3 is 0 Å². The van der Waals surface area contributed by atoms with Crippen molar-refractivity contribution in [2.24, 2.45) is 0 Å². The number of ether oxygens (including phenoxy) is 1. The molecule has 6 heteroatoms. The first kappa shape index (κ1) is 20.2. The van der Waals surface area contributed by atoms with Crippen LogP contribution in [0, 0.1) is 0 Å². The molecule has 0 unspecified atom stereocenters. The van der Waals surface area contributed by atoms with Crippen LogP contribution in [0.15, 0.2) is 72.8 Å². The summed E-state index contributed by atoms with van der Waals surface area (Å²) in [4.78, 5) is 15.1. The third-order valence-electron chi connectivity index (χ3n) is 4.92. The fourth-order valence-electron chi connectivity index (χ4n) is 3.53. The molecule has 0 aromatic heterocycles.